The van der Waals surface area contributed by atoms with Crippen molar-refractivity contribution in [1.29, 1.82) is 0 Å². The van der Waals surface area contributed by atoms with Gasteiger partial charge < -0.3 is 5.32 Å². The Labute approximate surface area is 99.5 Å². The van der Waals surface area contributed by atoms with Gasteiger partial charge in [0.05, 0.1) is 0 Å². The Balaban J connectivity index is 1.85. The quantitative estimate of drug-likeness (QED) is 0.846. The van der Waals surface area contributed by atoms with Crippen molar-refractivity contribution in [2.45, 2.75) is 23.2 Å². The maximum absolute atomic E-state index is 4.08. The first-order valence-electron chi connectivity index (χ1n) is 4.30. The van der Waals surface area contributed by atoms with E-state index >= 15 is 0 Å². The molecule has 6 heteroatoms. The van der Waals surface area contributed by atoms with Crippen molar-refractivity contribution < 1.29 is 0 Å². The smallest absolute Gasteiger partial charge is 0.206 e. The molecule has 2 rings (SSSR count). The van der Waals surface area contributed by atoms with Gasteiger partial charge in [0.2, 0.25) is 5.13 Å². The standard InChI is InChI=1S/C8H10BrN3S2/c1-5(9)4-13-8-12-11-7(14-8)10-6-2-3-6/h6H,1-4H2,(H,10,11). The van der Waals surface area contributed by atoms with E-state index in [0.717, 1.165) is 19.7 Å². The summed E-state index contributed by atoms with van der Waals surface area (Å²) in [6.45, 7) is 3.77. The van der Waals surface area contributed by atoms with Gasteiger partial charge in [0.25, 0.3) is 0 Å². The van der Waals surface area contributed by atoms with Crippen LogP contribution in [-0.4, -0.2) is 22.0 Å². The second-order valence-corrected chi connectivity index (χ2v) is 6.42. The van der Waals surface area contributed by atoms with E-state index in [1.807, 2.05) is 0 Å². The van der Waals surface area contributed by atoms with Crippen LogP contribution in [0.15, 0.2) is 15.4 Å². The van der Waals surface area contributed by atoms with Crippen LogP contribution in [0.3, 0.4) is 0 Å². The lowest BCUT2D eigenvalue weighted by molar-refractivity contribution is 0.995. The van der Waals surface area contributed by atoms with E-state index in [1.54, 1.807) is 23.1 Å². The Bertz CT molecular complexity index is 335. The lowest BCUT2D eigenvalue weighted by atomic mass is 10.7. The highest BCUT2D eigenvalue weighted by molar-refractivity contribution is 9.11. The molecule has 1 aliphatic carbocycles. The zero-order valence-corrected chi connectivity index (χ0v) is 10.7. The zero-order valence-electron chi connectivity index (χ0n) is 7.49. The molecule has 14 heavy (non-hydrogen) atoms. The molecule has 76 valence electrons. The van der Waals surface area contributed by atoms with E-state index in [0.29, 0.717) is 6.04 Å². The van der Waals surface area contributed by atoms with Crippen LogP contribution in [0, 0.1) is 0 Å². The normalized spacial score (nSPS) is 15.5. The van der Waals surface area contributed by atoms with Crippen molar-refractivity contribution in [2.75, 3.05) is 11.1 Å². The number of hydrogen-bond acceptors (Lipinski definition) is 5. The predicted octanol–water partition coefficient (Wildman–Crippen LogP) is 3.11. The molecule has 0 spiro atoms. The molecule has 1 heterocycles. The van der Waals surface area contributed by atoms with Gasteiger partial charge in [0.15, 0.2) is 4.34 Å². The molecule has 3 nitrogen and oxygen atoms in total. The van der Waals surface area contributed by atoms with Crippen molar-refractivity contribution >= 4 is 44.2 Å². The summed E-state index contributed by atoms with van der Waals surface area (Å²) in [5.74, 6) is 0.845. The summed E-state index contributed by atoms with van der Waals surface area (Å²) in [5.41, 5.74) is 0. The lowest BCUT2D eigenvalue weighted by Gasteiger charge is -1.94. The molecule has 0 atom stereocenters. The molecule has 1 N–H and O–H groups in total. The average Bonchev–Trinajstić information content (AvgIpc) is 2.81. The van der Waals surface area contributed by atoms with Gasteiger partial charge in [-0.15, -0.1) is 10.2 Å². The van der Waals surface area contributed by atoms with E-state index in [9.17, 15) is 0 Å². The number of nitrogens with one attached hydrogen (secondary N) is 1. The van der Waals surface area contributed by atoms with Crippen LogP contribution in [-0.2, 0) is 0 Å². The number of nitrogens with zero attached hydrogens (tertiary/aromatic N) is 2. The fourth-order valence-corrected chi connectivity index (χ4v) is 2.79. The minimum Gasteiger partial charge on any atom is -0.357 e. The van der Waals surface area contributed by atoms with Crippen LogP contribution >= 0.6 is 39.0 Å². The number of aromatic nitrogens is 2. The maximum atomic E-state index is 4.08. The van der Waals surface area contributed by atoms with E-state index in [4.69, 9.17) is 0 Å². The van der Waals surface area contributed by atoms with Crippen LogP contribution in [0.1, 0.15) is 12.8 Å². The Morgan fingerprint density at radius 3 is 3.07 bits per heavy atom. The van der Waals surface area contributed by atoms with Crippen LogP contribution in [0.25, 0.3) is 0 Å². The Morgan fingerprint density at radius 1 is 1.64 bits per heavy atom. The monoisotopic (exact) mass is 291 g/mol. The van der Waals surface area contributed by atoms with Gasteiger partial charge in [-0.25, -0.2) is 0 Å². The molecule has 0 unspecified atom stereocenters. The molecule has 1 aliphatic rings. The van der Waals surface area contributed by atoms with Gasteiger partial charge in [0.1, 0.15) is 0 Å². The summed E-state index contributed by atoms with van der Waals surface area (Å²) >= 11 is 6.58. The summed E-state index contributed by atoms with van der Waals surface area (Å²) in [6, 6.07) is 0.645. The summed E-state index contributed by atoms with van der Waals surface area (Å²) in [5, 5.41) is 12.4. The molecular weight excluding hydrogens is 282 g/mol. The average molecular weight is 292 g/mol. The lowest BCUT2D eigenvalue weighted by Crippen LogP contribution is -1.99. The Hall–Kier alpha value is -0.0700. The van der Waals surface area contributed by atoms with Gasteiger partial charge in [-0.2, -0.15) is 0 Å². The Morgan fingerprint density at radius 2 is 2.43 bits per heavy atom. The van der Waals surface area contributed by atoms with Gasteiger partial charge in [-0.1, -0.05) is 45.6 Å². The number of halogens is 1. The van der Waals surface area contributed by atoms with E-state index in [2.05, 4.69) is 38.0 Å². The third kappa shape index (κ3) is 3.25. The molecule has 0 radical (unpaired) electrons. The molecule has 1 fully saturated rings. The number of anilines is 1. The predicted molar refractivity (Wildman–Crippen MR) is 65.3 cm³/mol. The molecule has 1 saturated carbocycles. The first-order chi connectivity index (χ1) is 6.74. The van der Waals surface area contributed by atoms with Crippen molar-refractivity contribution in [2.24, 2.45) is 0 Å². The number of thioether (sulfide) groups is 1. The molecular formula is C8H10BrN3S2. The van der Waals surface area contributed by atoms with Crippen LogP contribution < -0.4 is 5.32 Å². The molecule has 1 aromatic heterocycles. The van der Waals surface area contributed by atoms with Crippen LogP contribution in [0.2, 0.25) is 0 Å². The topological polar surface area (TPSA) is 37.8 Å². The van der Waals surface area contributed by atoms with E-state index < -0.39 is 0 Å². The summed E-state index contributed by atoms with van der Waals surface area (Å²) in [6.07, 6.45) is 2.53. The summed E-state index contributed by atoms with van der Waals surface area (Å²) < 4.78 is 1.98. The van der Waals surface area contributed by atoms with Gasteiger partial charge in [-0.3, -0.25) is 0 Å². The largest absolute Gasteiger partial charge is 0.357 e. The number of rotatable bonds is 5. The first kappa shape index (κ1) is 10.4. The zero-order chi connectivity index (χ0) is 9.97. The number of hydrogen-bond donors (Lipinski definition) is 1. The van der Waals surface area contributed by atoms with Gasteiger partial charge >= 0.3 is 0 Å². The highest BCUT2D eigenvalue weighted by Gasteiger charge is 2.22. The fraction of sp³-hybridized carbons (Fsp3) is 0.500. The van der Waals surface area contributed by atoms with Gasteiger partial charge in [0, 0.05) is 11.8 Å². The second kappa shape index (κ2) is 4.63. The van der Waals surface area contributed by atoms with E-state index in [1.165, 1.54) is 12.8 Å². The highest BCUT2D eigenvalue weighted by atomic mass is 79.9. The minimum atomic E-state index is 0.645. The molecule has 0 bridgehead atoms. The second-order valence-electron chi connectivity index (χ2n) is 3.10. The van der Waals surface area contributed by atoms with Crippen molar-refractivity contribution in [1.82, 2.24) is 10.2 Å². The molecule has 0 amide bonds. The third-order valence-electron chi connectivity index (χ3n) is 1.66. The molecule has 0 aromatic carbocycles. The summed E-state index contributed by atoms with van der Waals surface area (Å²) in [4.78, 5) is 0. The van der Waals surface area contributed by atoms with Crippen LogP contribution in [0.5, 0.6) is 0 Å². The summed E-state index contributed by atoms with van der Waals surface area (Å²) in [7, 11) is 0. The van der Waals surface area contributed by atoms with Crippen molar-refractivity contribution in [3.8, 4) is 0 Å². The Kier molecular flexibility index (Phi) is 3.46. The molecule has 0 aliphatic heterocycles. The van der Waals surface area contributed by atoms with Crippen LogP contribution in [0.4, 0.5) is 5.13 Å². The first-order valence-corrected chi connectivity index (χ1v) is 6.89. The SMILES string of the molecule is C=C(Br)CSc1nnc(NC2CC2)s1. The van der Waals surface area contributed by atoms with E-state index in [-0.39, 0.29) is 0 Å². The van der Waals surface area contributed by atoms with Crippen molar-refractivity contribution in [3.05, 3.63) is 11.1 Å². The molecule has 1 aromatic rings. The van der Waals surface area contributed by atoms with Gasteiger partial charge in [-0.05, 0) is 17.3 Å². The molecule has 0 saturated heterocycles. The third-order valence-corrected chi connectivity index (χ3v) is 4.39. The fourth-order valence-electron chi connectivity index (χ4n) is 0.869. The van der Waals surface area contributed by atoms with Crippen molar-refractivity contribution in [3.63, 3.8) is 0 Å². The highest BCUT2D eigenvalue weighted by Crippen LogP contribution is 2.31. The minimum absolute atomic E-state index is 0.645. The maximum Gasteiger partial charge on any atom is 0.206 e.